The lowest BCUT2D eigenvalue weighted by Gasteiger charge is -2.40. The highest BCUT2D eigenvalue weighted by Gasteiger charge is 2.26. The predicted molar refractivity (Wildman–Crippen MR) is 195 cm³/mol. The summed E-state index contributed by atoms with van der Waals surface area (Å²) in [5, 5.41) is 30.2. The van der Waals surface area contributed by atoms with Gasteiger partial charge in [0.15, 0.2) is 11.5 Å². The number of fused-ring (bicyclic) bond motifs is 1. The minimum atomic E-state index is -0.865. The largest absolute Gasteiger partial charge is 0.493 e. The van der Waals surface area contributed by atoms with Crippen LogP contribution in [-0.2, 0) is 9.59 Å². The van der Waals surface area contributed by atoms with E-state index in [1.54, 1.807) is 42.2 Å². The summed E-state index contributed by atoms with van der Waals surface area (Å²) in [5.74, 6) is 2.47. The topological polar surface area (TPSA) is 153 Å². The van der Waals surface area contributed by atoms with Gasteiger partial charge in [0.1, 0.15) is 24.5 Å². The number of aliphatic carboxylic acids is 1. The van der Waals surface area contributed by atoms with E-state index >= 15 is 0 Å². The van der Waals surface area contributed by atoms with Crippen LogP contribution in [0.4, 0.5) is 11.4 Å². The molecule has 0 radical (unpaired) electrons. The molecule has 2 aliphatic heterocycles. The molecule has 1 unspecified atom stereocenters. The molecule has 1 aromatic heterocycles. The van der Waals surface area contributed by atoms with E-state index in [9.17, 15) is 20.0 Å². The van der Waals surface area contributed by atoms with Crippen molar-refractivity contribution < 1.29 is 28.9 Å². The zero-order valence-corrected chi connectivity index (χ0v) is 29.6. The summed E-state index contributed by atoms with van der Waals surface area (Å²) in [6.45, 7) is 5.74. The van der Waals surface area contributed by atoms with Crippen molar-refractivity contribution in [1.29, 1.82) is 5.26 Å². The van der Waals surface area contributed by atoms with Gasteiger partial charge in [-0.05, 0) is 87.0 Å². The Labute approximate surface area is 297 Å². The molecular formula is C36H47N7O6S. The van der Waals surface area contributed by atoms with Crippen molar-refractivity contribution in [3.8, 4) is 23.3 Å². The van der Waals surface area contributed by atoms with E-state index in [0.29, 0.717) is 86.8 Å². The molecule has 5 rings (SSSR count). The molecule has 0 aliphatic carbocycles. The number of nitrogens with one attached hydrogen (secondary N) is 2. The van der Waals surface area contributed by atoms with Crippen LogP contribution in [0.25, 0.3) is 10.9 Å². The van der Waals surface area contributed by atoms with Crippen LogP contribution in [0.5, 0.6) is 17.2 Å². The third-order valence-electron chi connectivity index (χ3n) is 9.17. The Hall–Kier alpha value is -4.29. The lowest BCUT2D eigenvalue weighted by molar-refractivity contribution is -0.139. The van der Waals surface area contributed by atoms with Gasteiger partial charge < -0.3 is 34.9 Å². The second-order valence-corrected chi connectivity index (χ2v) is 13.3. The molecule has 268 valence electrons. The minimum Gasteiger partial charge on any atom is -0.493 e. The van der Waals surface area contributed by atoms with Crippen LogP contribution in [0, 0.1) is 17.2 Å². The van der Waals surface area contributed by atoms with Crippen LogP contribution >= 0.6 is 11.8 Å². The Balaban J connectivity index is 1.19. The number of nitriles is 1. The number of carboxylic acids is 1. The molecule has 0 saturated carbocycles. The molecule has 2 atom stereocenters. The van der Waals surface area contributed by atoms with Crippen LogP contribution in [-0.4, -0.2) is 112 Å². The van der Waals surface area contributed by atoms with Gasteiger partial charge in [-0.15, -0.1) is 0 Å². The number of carbonyl (C=O) groups excluding carboxylic acids is 1. The summed E-state index contributed by atoms with van der Waals surface area (Å²) < 4.78 is 17.7. The monoisotopic (exact) mass is 705 g/mol. The number of benzene rings is 2. The number of nitrogens with zero attached hydrogens (tertiary/aromatic N) is 5. The second kappa shape index (κ2) is 18.6. The molecule has 3 heterocycles. The molecule has 3 N–H and O–H groups in total. The number of carboxylic acid groups (broad SMARTS) is 1. The third kappa shape index (κ3) is 9.48. The first-order chi connectivity index (χ1) is 24.4. The van der Waals surface area contributed by atoms with Gasteiger partial charge in [0, 0.05) is 50.4 Å². The molecule has 13 nitrogen and oxygen atoms in total. The van der Waals surface area contributed by atoms with Crippen LogP contribution in [0.1, 0.15) is 31.2 Å². The van der Waals surface area contributed by atoms with E-state index < -0.39 is 12.0 Å². The normalized spacial score (nSPS) is 16.9. The number of carbonyl (C=O) groups is 2. The number of aromatic nitrogens is 1. The number of pyridine rings is 1. The van der Waals surface area contributed by atoms with E-state index in [-0.39, 0.29) is 0 Å². The maximum atomic E-state index is 12.3. The number of hydrogen-bond acceptors (Lipinski definition) is 12. The minimum absolute atomic E-state index is 0.314. The van der Waals surface area contributed by atoms with Gasteiger partial charge in [0.25, 0.3) is 0 Å². The molecular weight excluding hydrogens is 659 g/mol. The maximum Gasteiger partial charge on any atom is 0.320 e. The zero-order valence-electron chi connectivity index (χ0n) is 28.8. The molecule has 2 aliphatic rings. The summed E-state index contributed by atoms with van der Waals surface area (Å²) in [5.41, 5.74) is 2.69. The molecule has 50 heavy (non-hydrogen) atoms. The Morgan fingerprint density at radius 3 is 2.66 bits per heavy atom. The standard InChI is InChI=1S/C36H47N7O6S/c1-47-33-20-30-32(21-34(33)49-17-3-4-26-9-11-38-23-26)40-24-27(22-37)35(30)41-13-15-42(16-14-41)43(25-44)28-5-7-29(8-6-28)48-18-12-39-31(36(45)46)10-19-50-2/h5-8,20-21,24-26,31,38-39H,3-4,9-19,23H2,1-2H3,(H,45,46)/t26?,31-/m0/s1. The smallest absolute Gasteiger partial charge is 0.320 e. The van der Waals surface area contributed by atoms with Gasteiger partial charge in [-0.25, -0.2) is 10.0 Å². The van der Waals surface area contributed by atoms with Gasteiger partial charge in [-0.3, -0.25) is 14.6 Å². The Bertz CT molecular complexity index is 1610. The molecule has 0 spiro atoms. The lowest BCUT2D eigenvalue weighted by Crippen LogP contribution is -2.54. The summed E-state index contributed by atoms with van der Waals surface area (Å²) >= 11 is 1.61. The van der Waals surface area contributed by atoms with Gasteiger partial charge >= 0.3 is 5.97 Å². The summed E-state index contributed by atoms with van der Waals surface area (Å²) in [4.78, 5) is 30.5. The van der Waals surface area contributed by atoms with Gasteiger partial charge in [-0.2, -0.15) is 17.0 Å². The molecule has 2 saturated heterocycles. The lowest BCUT2D eigenvalue weighted by atomic mass is 10.0. The second-order valence-electron chi connectivity index (χ2n) is 12.4. The van der Waals surface area contributed by atoms with E-state index in [0.717, 1.165) is 54.7 Å². The first kappa shape index (κ1) is 37.0. The number of anilines is 2. The average molecular weight is 706 g/mol. The van der Waals surface area contributed by atoms with Gasteiger partial charge in [0.2, 0.25) is 6.41 Å². The van der Waals surface area contributed by atoms with Crippen molar-refractivity contribution in [1.82, 2.24) is 20.6 Å². The summed E-state index contributed by atoms with van der Waals surface area (Å²) in [6, 6.07) is 12.8. The highest BCUT2D eigenvalue weighted by Crippen LogP contribution is 2.38. The summed E-state index contributed by atoms with van der Waals surface area (Å²) in [6.07, 6.45) is 8.22. The van der Waals surface area contributed by atoms with E-state index in [2.05, 4.69) is 26.6 Å². The van der Waals surface area contributed by atoms with Crippen molar-refractivity contribution in [2.75, 3.05) is 88.1 Å². The quantitative estimate of drug-likeness (QED) is 0.123. The number of rotatable bonds is 19. The fourth-order valence-corrected chi connectivity index (χ4v) is 6.94. The number of hydrogen-bond donors (Lipinski definition) is 3. The Morgan fingerprint density at radius 2 is 2.00 bits per heavy atom. The molecule has 2 fully saturated rings. The van der Waals surface area contributed by atoms with E-state index in [4.69, 9.17) is 14.2 Å². The number of hydrazine groups is 1. The number of ether oxygens (including phenoxy) is 3. The van der Waals surface area contributed by atoms with Crippen molar-refractivity contribution in [3.63, 3.8) is 0 Å². The van der Waals surface area contributed by atoms with Crippen molar-refractivity contribution >= 4 is 46.4 Å². The van der Waals surface area contributed by atoms with Gasteiger partial charge in [0.05, 0.1) is 36.2 Å². The van der Waals surface area contributed by atoms with Crippen LogP contribution in [0.2, 0.25) is 0 Å². The van der Waals surface area contributed by atoms with Gasteiger partial charge in [-0.1, -0.05) is 0 Å². The number of piperazine rings is 1. The molecule has 2 aromatic carbocycles. The van der Waals surface area contributed by atoms with Crippen LogP contribution in [0.3, 0.4) is 0 Å². The van der Waals surface area contributed by atoms with Crippen LogP contribution in [0.15, 0.2) is 42.6 Å². The summed E-state index contributed by atoms with van der Waals surface area (Å²) in [7, 11) is 1.62. The highest BCUT2D eigenvalue weighted by molar-refractivity contribution is 7.98. The number of methoxy groups -OCH3 is 1. The highest BCUT2D eigenvalue weighted by atomic mass is 32.2. The van der Waals surface area contributed by atoms with Crippen molar-refractivity contribution in [2.45, 2.75) is 31.7 Å². The first-order valence-electron chi connectivity index (χ1n) is 17.1. The first-order valence-corrected chi connectivity index (χ1v) is 18.5. The molecule has 0 bridgehead atoms. The number of thioether (sulfide) groups is 1. The fourth-order valence-electron chi connectivity index (χ4n) is 6.47. The third-order valence-corrected chi connectivity index (χ3v) is 9.81. The predicted octanol–water partition coefficient (Wildman–Crippen LogP) is 3.76. The maximum absolute atomic E-state index is 12.3. The Kier molecular flexibility index (Phi) is 13.8. The van der Waals surface area contributed by atoms with E-state index in [1.807, 2.05) is 35.5 Å². The average Bonchev–Trinajstić information content (AvgIpc) is 3.67. The number of amides is 1. The van der Waals surface area contributed by atoms with Crippen LogP contribution < -0.4 is 34.8 Å². The molecule has 3 aromatic rings. The fraction of sp³-hybridized carbons (Fsp3) is 0.500. The SMILES string of the molecule is COc1cc2c(N3CCN(N(C=O)c4ccc(OCCN[C@@H](CCSC)C(=O)O)cc4)CC3)c(C#N)cnc2cc1OCCCC1CCNC1. The molecule has 1 amide bonds. The van der Waals surface area contributed by atoms with Crippen molar-refractivity contribution in [3.05, 3.63) is 48.2 Å². The molecule has 14 heteroatoms. The zero-order chi connectivity index (χ0) is 35.3. The van der Waals surface area contributed by atoms with E-state index in [1.165, 1.54) is 6.42 Å². The Morgan fingerprint density at radius 1 is 1.20 bits per heavy atom. The van der Waals surface area contributed by atoms with Crippen molar-refractivity contribution in [2.24, 2.45) is 5.92 Å².